The van der Waals surface area contributed by atoms with Crippen LogP contribution in [0.2, 0.25) is 39.3 Å². The molecule has 0 amide bonds. The van der Waals surface area contributed by atoms with E-state index in [9.17, 15) is 10.2 Å². The fourth-order valence-electron chi connectivity index (χ4n) is 1.87. The molecule has 0 radical (unpaired) electrons. The summed E-state index contributed by atoms with van der Waals surface area (Å²) in [5.41, 5.74) is 8.32. The Labute approximate surface area is 145 Å². The molecular formula is C14H34O5Si4. The van der Waals surface area contributed by atoms with Crippen LogP contribution < -0.4 is 0 Å². The van der Waals surface area contributed by atoms with Gasteiger partial charge in [0.1, 0.15) is 8.07 Å². The van der Waals surface area contributed by atoms with Crippen LogP contribution >= 0.6 is 0 Å². The van der Waals surface area contributed by atoms with E-state index in [0.29, 0.717) is 0 Å². The third-order valence-corrected chi connectivity index (χ3v) is 15.4. The molecule has 0 saturated carbocycles. The van der Waals surface area contributed by atoms with Crippen LogP contribution in [-0.4, -0.2) is 70.2 Å². The largest absolute Gasteiger partial charge is 0.449 e. The van der Waals surface area contributed by atoms with E-state index in [-0.39, 0.29) is 12.5 Å². The number of aliphatic hydroxyl groups excluding tert-OH is 2. The Balaban J connectivity index is 5.07. The lowest BCUT2D eigenvalue weighted by atomic mass is 11.2. The molecule has 5 nitrogen and oxygen atoms in total. The number of rotatable bonds is 10. The average Bonchev–Trinajstić information content (AvgIpc) is 2.49. The van der Waals surface area contributed by atoms with Gasteiger partial charge in [-0.15, -0.1) is 0 Å². The second-order valence-corrected chi connectivity index (χ2v) is 22.7. The zero-order chi connectivity index (χ0) is 18.4. The predicted octanol–water partition coefficient (Wildman–Crippen LogP) is 2.19. The minimum atomic E-state index is -2.23. The van der Waals surface area contributed by atoms with Crippen LogP contribution in [0.4, 0.5) is 0 Å². The van der Waals surface area contributed by atoms with Crippen molar-refractivity contribution in [3.63, 3.8) is 0 Å². The fraction of sp³-hybridized carbons (Fsp3) is 0.714. The molecule has 0 aliphatic carbocycles. The van der Waals surface area contributed by atoms with Crippen molar-refractivity contribution in [2.75, 3.05) is 26.7 Å². The zero-order valence-electron chi connectivity index (χ0n) is 15.8. The van der Waals surface area contributed by atoms with Gasteiger partial charge in [-0.05, 0) is 38.4 Å². The number of hydrogen-bond donors (Lipinski definition) is 2. The van der Waals surface area contributed by atoms with Crippen molar-refractivity contribution in [2.24, 2.45) is 0 Å². The van der Waals surface area contributed by atoms with E-state index in [4.69, 9.17) is 13.0 Å². The molecule has 0 spiro atoms. The topological polar surface area (TPSA) is 68.2 Å². The Morgan fingerprint density at radius 2 is 1.09 bits per heavy atom. The third kappa shape index (κ3) is 8.70. The standard InChI is InChI=1S/C14H34O5Si4/c1-17-23(8,18-2)12-10-21(5,6)19-20(3,4)9-11-22(7,13-15)14-16/h9-12,15-16H,13-14H2,1-8H3/b11-9+,12-10+. The van der Waals surface area contributed by atoms with E-state index in [2.05, 4.69) is 37.6 Å². The summed E-state index contributed by atoms with van der Waals surface area (Å²) in [6.45, 7) is 12.5. The van der Waals surface area contributed by atoms with Gasteiger partial charge in [-0.2, -0.15) is 0 Å². The molecule has 0 aliphatic rings. The predicted molar refractivity (Wildman–Crippen MR) is 106 cm³/mol. The molecule has 0 saturated heterocycles. The monoisotopic (exact) mass is 394 g/mol. The van der Waals surface area contributed by atoms with E-state index in [0.717, 1.165) is 0 Å². The Hall–Kier alpha value is 0.148. The molecule has 0 rings (SSSR count). The average molecular weight is 395 g/mol. The molecule has 0 aromatic rings. The zero-order valence-corrected chi connectivity index (χ0v) is 19.8. The van der Waals surface area contributed by atoms with Gasteiger partial charge in [0.05, 0.1) is 0 Å². The normalized spacial score (nSPS) is 15.0. The summed E-state index contributed by atoms with van der Waals surface area (Å²) in [6.07, 6.45) is 0.105. The van der Waals surface area contributed by atoms with E-state index < -0.39 is 33.3 Å². The van der Waals surface area contributed by atoms with Crippen LogP contribution in [0.3, 0.4) is 0 Å². The first-order valence-electron chi connectivity index (χ1n) is 7.79. The molecule has 0 bridgehead atoms. The second kappa shape index (κ2) is 9.01. The Morgan fingerprint density at radius 1 is 0.696 bits per heavy atom. The Bertz CT molecular complexity index is 377. The first-order valence-corrected chi connectivity index (χ1v) is 19.2. The van der Waals surface area contributed by atoms with Gasteiger partial charge in [0, 0.05) is 26.7 Å². The second-order valence-electron chi connectivity index (χ2n) is 7.37. The van der Waals surface area contributed by atoms with Crippen LogP contribution in [0.5, 0.6) is 0 Å². The first kappa shape index (κ1) is 23.1. The number of hydrogen-bond acceptors (Lipinski definition) is 5. The van der Waals surface area contributed by atoms with Crippen molar-refractivity contribution in [1.82, 2.24) is 0 Å². The van der Waals surface area contributed by atoms with Gasteiger partial charge in [-0.1, -0.05) is 23.6 Å². The van der Waals surface area contributed by atoms with Crippen LogP contribution in [-0.2, 0) is 13.0 Å². The highest BCUT2D eigenvalue weighted by atomic mass is 28.4. The lowest BCUT2D eigenvalue weighted by molar-refractivity contribution is 0.264. The summed E-state index contributed by atoms with van der Waals surface area (Å²) < 4.78 is 17.4. The van der Waals surface area contributed by atoms with Crippen LogP contribution in [0.25, 0.3) is 0 Å². The van der Waals surface area contributed by atoms with Crippen LogP contribution in [0.15, 0.2) is 22.8 Å². The summed E-state index contributed by atoms with van der Waals surface area (Å²) in [7, 11) is -5.00. The lowest BCUT2D eigenvalue weighted by Crippen LogP contribution is -2.45. The molecule has 23 heavy (non-hydrogen) atoms. The van der Waals surface area contributed by atoms with Gasteiger partial charge in [0.15, 0.2) is 16.6 Å². The maximum atomic E-state index is 9.44. The van der Waals surface area contributed by atoms with E-state index in [1.54, 1.807) is 14.2 Å². The summed E-state index contributed by atoms with van der Waals surface area (Å²) in [6, 6.07) is 0. The van der Waals surface area contributed by atoms with Gasteiger partial charge in [-0.3, -0.25) is 0 Å². The van der Waals surface area contributed by atoms with Gasteiger partial charge in [0.25, 0.3) is 0 Å². The third-order valence-electron chi connectivity index (χ3n) is 3.73. The molecule has 136 valence electrons. The Morgan fingerprint density at radius 3 is 1.43 bits per heavy atom. The SMILES string of the molecule is CO[Si](C)(/C=C/[Si](C)(C)O[Si](C)(C)/C=C/[Si](C)(CO)CO)OC. The van der Waals surface area contributed by atoms with Crippen LogP contribution in [0, 0.1) is 0 Å². The molecule has 9 heteroatoms. The minimum Gasteiger partial charge on any atom is -0.449 e. The molecule has 0 heterocycles. The van der Waals surface area contributed by atoms with Crippen molar-refractivity contribution < 1.29 is 23.2 Å². The quantitative estimate of drug-likeness (QED) is 0.556. The maximum absolute atomic E-state index is 9.44. The highest BCUT2D eigenvalue weighted by Crippen LogP contribution is 2.19. The van der Waals surface area contributed by atoms with Crippen LogP contribution in [0.1, 0.15) is 0 Å². The van der Waals surface area contributed by atoms with Gasteiger partial charge >= 0.3 is 8.56 Å². The fourth-order valence-corrected chi connectivity index (χ4v) is 14.6. The summed E-state index contributed by atoms with van der Waals surface area (Å²) in [4.78, 5) is 0. The maximum Gasteiger partial charge on any atom is 0.360 e. The smallest absolute Gasteiger partial charge is 0.360 e. The van der Waals surface area contributed by atoms with Gasteiger partial charge < -0.3 is 23.2 Å². The van der Waals surface area contributed by atoms with E-state index in [1.165, 1.54) is 0 Å². The highest BCUT2D eigenvalue weighted by Gasteiger charge is 2.33. The van der Waals surface area contributed by atoms with Crippen molar-refractivity contribution in [2.45, 2.75) is 39.3 Å². The molecular weight excluding hydrogens is 360 g/mol. The molecule has 2 N–H and O–H groups in total. The molecule has 0 unspecified atom stereocenters. The molecule has 0 aliphatic heterocycles. The van der Waals surface area contributed by atoms with Crippen molar-refractivity contribution >= 4 is 33.3 Å². The van der Waals surface area contributed by atoms with Crippen molar-refractivity contribution in [3.8, 4) is 0 Å². The summed E-state index contributed by atoms with van der Waals surface area (Å²) >= 11 is 0. The minimum absolute atomic E-state index is 0.0524. The van der Waals surface area contributed by atoms with E-state index in [1.807, 2.05) is 24.5 Å². The summed E-state index contributed by atoms with van der Waals surface area (Å²) in [5.74, 6) is 0. The summed E-state index contributed by atoms with van der Waals surface area (Å²) in [5, 5.41) is 18.9. The van der Waals surface area contributed by atoms with Gasteiger partial charge in [-0.25, -0.2) is 0 Å². The number of aliphatic hydroxyl groups is 2. The Kier molecular flexibility index (Phi) is 9.07. The molecule has 0 aromatic heterocycles. The van der Waals surface area contributed by atoms with E-state index >= 15 is 0 Å². The van der Waals surface area contributed by atoms with Crippen molar-refractivity contribution in [1.29, 1.82) is 0 Å². The molecule has 0 fully saturated rings. The first-order chi connectivity index (χ1) is 10.4. The molecule has 0 aromatic carbocycles. The van der Waals surface area contributed by atoms with Crippen molar-refractivity contribution in [3.05, 3.63) is 22.8 Å². The molecule has 0 atom stereocenters. The highest BCUT2D eigenvalue weighted by molar-refractivity contribution is 6.92. The van der Waals surface area contributed by atoms with Gasteiger partial charge in [0.2, 0.25) is 0 Å². The lowest BCUT2D eigenvalue weighted by Gasteiger charge is -2.31.